The van der Waals surface area contributed by atoms with Gasteiger partial charge in [0.15, 0.2) is 16.6 Å². The lowest BCUT2D eigenvalue weighted by Crippen LogP contribution is -2.37. The van der Waals surface area contributed by atoms with Crippen molar-refractivity contribution in [2.45, 2.75) is 23.3 Å². The molecule has 1 aliphatic rings. The van der Waals surface area contributed by atoms with Crippen molar-refractivity contribution < 1.29 is 26.0 Å². The standard InChI is InChI=1S/C17H23FN4O5S2/c1-3-27-16-6-5-14(11-15(16)18)28(23,24)21-7-4-8-22(10-9-21)29(25,26)17-12-20(2)13-19-17/h5-6,11-13H,3-4,7-10H2,1-2H3. The molecule has 0 N–H and O–H groups in total. The minimum absolute atomic E-state index is 0.0162. The average Bonchev–Trinajstić information content (AvgIpc) is 2.95. The van der Waals surface area contributed by atoms with Gasteiger partial charge in [0.2, 0.25) is 10.0 Å². The van der Waals surface area contributed by atoms with Gasteiger partial charge < -0.3 is 9.30 Å². The van der Waals surface area contributed by atoms with Crippen LogP contribution in [-0.4, -0.2) is 67.8 Å². The van der Waals surface area contributed by atoms with E-state index in [1.807, 2.05) is 0 Å². The van der Waals surface area contributed by atoms with Crippen molar-refractivity contribution in [1.82, 2.24) is 18.2 Å². The highest BCUT2D eigenvalue weighted by Crippen LogP contribution is 2.25. The largest absolute Gasteiger partial charge is 0.491 e. The van der Waals surface area contributed by atoms with E-state index in [1.165, 1.54) is 37.8 Å². The highest BCUT2D eigenvalue weighted by Gasteiger charge is 2.33. The fourth-order valence-corrected chi connectivity index (χ4v) is 5.99. The molecule has 1 aliphatic heterocycles. The summed E-state index contributed by atoms with van der Waals surface area (Å²) < 4.78 is 74.5. The molecule has 0 bridgehead atoms. The third kappa shape index (κ3) is 4.44. The third-order valence-corrected chi connectivity index (χ3v) is 8.22. The van der Waals surface area contributed by atoms with E-state index in [1.54, 1.807) is 14.0 Å². The quantitative estimate of drug-likeness (QED) is 0.657. The van der Waals surface area contributed by atoms with Crippen LogP contribution < -0.4 is 4.74 Å². The number of sulfonamides is 2. The number of rotatable bonds is 6. The molecule has 0 atom stereocenters. The number of hydrogen-bond donors (Lipinski definition) is 0. The molecule has 12 heteroatoms. The predicted octanol–water partition coefficient (Wildman–Crippen LogP) is 1.04. The Labute approximate surface area is 169 Å². The van der Waals surface area contributed by atoms with Crippen molar-refractivity contribution in [3.05, 3.63) is 36.5 Å². The molecular weight excluding hydrogens is 423 g/mol. The van der Waals surface area contributed by atoms with Crippen molar-refractivity contribution in [3.63, 3.8) is 0 Å². The summed E-state index contributed by atoms with van der Waals surface area (Å²) in [4.78, 5) is 3.69. The SMILES string of the molecule is CCOc1ccc(S(=O)(=O)N2CCCN(S(=O)(=O)c3cn(C)cn3)CC2)cc1F. The molecule has 1 saturated heterocycles. The summed E-state index contributed by atoms with van der Waals surface area (Å²) in [5, 5.41) is -0.0788. The summed E-state index contributed by atoms with van der Waals surface area (Å²) >= 11 is 0. The Morgan fingerprint density at radius 1 is 1.07 bits per heavy atom. The smallest absolute Gasteiger partial charge is 0.262 e. The van der Waals surface area contributed by atoms with Gasteiger partial charge in [0, 0.05) is 39.4 Å². The molecule has 0 radical (unpaired) electrons. The lowest BCUT2D eigenvalue weighted by atomic mass is 10.3. The van der Waals surface area contributed by atoms with Crippen molar-refractivity contribution in [1.29, 1.82) is 0 Å². The number of imidazole rings is 1. The van der Waals surface area contributed by atoms with Crippen molar-refractivity contribution in [3.8, 4) is 5.75 Å². The number of halogens is 1. The molecule has 1 fully saturated rings. The number of aryl methyl sites for hydroxylation is 1. The van der Waals surface area contributed by atoms with E-state index in [-0.39, 0.29) is 48.5 Å². The zero-order valence-electron chi connectivity index (χ0n) is 16.2. The van der Waals surface area contributed by atoms with Gasteiger partial charge in [-0.05, 0) is 31.5 Å². The van der Waals surface area contributed by atoms with Gasteiger partial charge in [0.25, 0.3) is 10.0 Å². The van der Waals surface area contributed by atoms with Crippen LogP contribution in [0.4, 0.5) is 4.39 Å². The van der Waals surface area contributed by atoms with Gasteiger partial charge in [-0.2, -0.15) is 8.61 Å². The lowest BCUT2D eigenvalue weighted by molar-refractivity contribution is 0.321. The van der Waals surface area contributed by atoms with Crippen LogP contribution in [0.2, 0.25) is 0 Å². The van der Waals surface area contributed by atoms with Gasteiger partial charge in [-0.3, -0.25) is 0 Å². The first kappa shape index (κ1) is 21.7. The van der Waals surface area contributed by atoms with Gasteiger partial charge in [-0.1, -0.05) is 0 Å². The van der Waals surface area contributed by atoms with E-state index < -0.39 is 25.9 Å². The van der Waals surface area contributed by atoms with Crippen LogP contribution in [0.5, 0.6) is 5.75 Å². The molecule has 2 heterocycles. The van der Waals surface area contributed by atoms with Crippen molar-refractivity contribution >= 4 is 20.0 Å². The molecule has 0 aliphatic carbocycles. The van der Waals surface area contributed by atoms with E-state index in [4.69, 9.17) is 4.74 Å². The molecule has 0 saturated carbocycles. The molecule has 3 rings (SSSR count). The maximum atomic E-state index is 14.1. The number of aromatic nitrogens is 2. The Morgan fingerprint density at radius 2 is 1.72 bits per heavy atom. The van der Waals surface area contributed by atoms with Gasteiger partial charge in [0.1, 0.15) is 0 Å². The zero-order chi connectivity index (χ0) is 21.2. The van der Waals surface area contributed by atoms with Crippen LogP contribution in [0.25, 0.3) is 0 Å². The first-order valence-corrected chi connectivity index (χ1v) is 11.9. The summed E-state index contributed by atoms with van der Waals surface area (Å²) in [5.41, 5.74) is 0. The lowest BCUT2D eigenvalue weighted by Gasteiger charge is -2.21. The molecule has 1 aromatic heterocycles. The van der Waals surface area contributed by atoms with E-state index in [9.17, 15) is 21.2 Å². The second kappa shape index (κ2) is 8.38. The summed E-state index contributed by atoms with van der Waals surface area (Å²) in [6.45, 7) is 2.21. The Balaban J connectivity index is 1.79. The van der Waals surface area contributed by atoms with Crippen LogP contribution >= 0.6 is 0 Å². The van der Waals surface area contributed by atoms with E-state index in [0.717, 1.165) is 6.07 Å². The summed E-state index contributed by atoms with van der Waals surface area (Å²) in [6, 6.07) is 3.49. The minimum atomic E-state index is -3.97. The van der Waals surface area contributed by atoms with E-state index in [0.29, 0.717) is 6.42 Å². The van der Waals surface area contributed by atoms with E-state index >= 15 is 0 Å². The zero-order valence-corrected chi connectivity index (χ0v) is 17.8. The van der Waals surface area contributed by atoms with Gasteiger partial charge in [0.05, 0.1) is 17.8 Å². The molecule has 1 aromatic carbocycles. The number of nitrogens with zero attached hydrogens (tertiary/aromatic N) is 4. The second-order valence-electron chi connectivity index (χ2n) is 6.56. The monoisotopic (exact) mass is 446 g/mol. The predicted molar refractivity (Wildman–Crippen MR) is 103 cm³/mol. The maximum Gasteiger partial charge on any atom is 0.262 e. The normalized spacial score (nSPS) is 17.2. The Morgan fingerprint density at radius 3 is 2.28 bits per heavy atom. The van der Waals surface area contributed by atoms with Crippen LogP contribution in [0.3, 0.4) is 0 Å². The van der Waals surface area contributed by atoms with Crippen LogP contribution in [0, 0.1) is 5.82 Å². The molecule has 0 spiro atoms. The molecule has 29 heavy (non-hydrogen) atoms. The highest BCUT2D eigenvalue weighted by molar-refractivity contribution is 7.89. The average molecular weight is 447 g/mol. The van der Waals surface area contributed by atoms with Gasteiger partial charge >= 0.3 is 0 Å². The van der Waals surface area contributed by atoms with Crippen molar-refractivity contribution in [2.75, 3.05) is 32.8 Å². The maximum absolute atomic E-state index is 14.1. The van der Waals surface area contributed by atoms with Crippen LogP contribution in [0.1, 0.15) is 13.3 Å². The third-order valence-electron chi connectivity index (χ3n) is 4.54. The Hall–Kier alpha value is -2.02. The topological polar surface area (TPSA) is 102 Å². The molecule has 0 unspecified atom stereocenters. The fraction of sp³-hybridized carbons (Fsp3) is 0.471. The van der Waals surface area contributed by atoms with Gasteiger partial charge in [-0.25, -0.2) is 26.2 Å². The number of benzene rings is 1. The summed E-state index contributed by atoms with van der Waals surface area (Å²) in [6.07, 6.45) is 3.10. The first-order valence-electron chi connectivity index (χ1n) is 9.07. The van der Waals surface area contributed by atoms with Crippen LogP contribution in [0.15, 0.2) is 40.6 Å². The Bertz CT molecular complexity index is 1080. The van der Waals surface area contributed by atoms with E-state index in [2.05, 4.69) is 4.98 Å². The van der Waals surface area contributed by atoms with Crippen molar-refractivity contribution in [2.24, 2.45) is 7.05 Å². The Kier molecular flexibility index (Phi) is 6.27. The van der Waals surface area contributed by atoms with Crippen LogP contribution in [-0.2, 0) is 27.1 Å². The second-order valence-corrected chi connectivity index (χ2v) is 10.4. The molecular formula is C17H23FN4O5S2. The minimum Gasteiger partial charge on any atom is -0.491 e. The number of ether oxygens (including phenoxy) is 1. The summed E-state index contributed by atoms with van der Waals surface area (Å²) in [5.74, 6) is -0.781. The number of hydrogen-bond acceptors (Lipinski definition) is 6. The molecule has 160 valence electrons. The molecule has 9 nitrogen and oxygen atoms in total. The fourth-order valence-electron chi connectivity index (χ4n) is 3.07. The highest BCUT2D eigenvalue weighted by atomic mass is 32.2. The molecule has 2 aromatic rings. The molecule has 0 amide bonds. The van der Waals surface area contributed by atoms with Gasteiger partial charge in [-0.15, -0.1) is 0 Å². The summed E-state index contributed by atoms with van der Waals surface area (Å²) in [7, 11) is -6.12. The first-order chi connectivity index (χ1) is 13.7.